The average Bonchev–Trinajstić information content (AvgIpc) is 3.45. The Labute approximate surface area is 191 Å². The van der Waals surface area contributed by atoms with E-state index in [-0.39, 0.29) is 25.7 Å². The molecule has 0 radical (unpaired) electrons. The van der Waals surface area contributed by atoms with E-state index in [1.54, 1.807) is 6.33 Å². The fourth-order valence-corrected chi connectivity index (χ4v) is 4.16. The Balaban J connectivity index is 1.34. The largest absolute Gasteiger partial charge is 0.454 e. The number of nitrogens with one attached hydrogen (secondary N) is 1. The highest BCUT2D eigenvalue weighted by Crippen LogP contribution is 2.33. The van der Waals surface area contributed by atoms with Crippen LogP contribution < -0.4 is 14.8 Å². The molecular formula is C22H29N7O4. The molecule has 5 rings (SSSR count). The molecule has 0 unspecified atom stereocenters. The average molecular weight is 456 g/mol. The molecule has 4 heterocycles. The molecule has 0 aliphatic carbocycles. The van der Waals surface area contributed by atoms with Crippen molar-refractivity contribution in [2.45, 2.75) is 18.9 Å². The number of aromatic nitrogens is 4. The van der Waals surface area contributed by atoms with E-state index < -0.39 is 0 Å². The van der Waals surface area contributed by atoms with Crippen molar-refractivity contribution in [2.24, 2.45) is 0 Å². The van der Waals surface area contributed by atoms with Gasteiger partial charge in [-0.25, -0.2) is 15.0 Å². The quantitative estimate of drug-likeness (QED) is 0.509. The fraction of sp³-hybridized carbons (Fsp3) is 0.500. The Kier molecular flexibility index (Phi) is 6.27. The zero-order chi connectivity index (χ0) is 22.8. The van der Waals surface area contributed by atoms with Crippen LogP contribution in [0.4, 0.5) is 5.82 Å². The second-order valence-electron chi connectivity index (χ2n) is 8.55. The monoisotopic (exact) mass is 455 g/mol. The number of aliphatic hydroxyl groups excluding tert-OH is 1. The first-order valence-electron chi connectivity index (χ1n) is 11.0. The van der Waals surface area contributed by atoms with E-state index in [0.717, 1.165) is 30.2 Å². The molecule has 1 saturated heterocycles. The number of nitrogens with zero attached hydrogens (tertiary/aromatic N) is 6. The van der Waals surface area contributed by atoms with E-state index in [9.17, 15) is 5.11 Å². The lowest BCUT2D eigenvalue weighted by molar-refractivity contribution is -0.135. The zero-order valence-electron chi connectivity index (χ0n) is 18.8. The van der Waals surface area contributed by atoms with Gasteiger partial charge in [0.25, 0.3) is 0 Å². The first-order chi connectivity index (χ1) is 16.1. The van der Waals surface area contributed by atoms with Crippen LogP contribution in [0.1, 0.15) is 11.8 Å². The first-order valence-corrected chi connectivity index (χ1v) is 11.0. The lowest BCUT2D eigenvalue weighted by Gasteiger charge is -2.37. The van der Waals surface area contributed by atoms with Gasteiger partial charge in [0.1, 0.15) is 12.6 Å². The molecule has 1 aromatic carbocycles. The molecule has 11 heteroatoms. The van der Waals surface area contributed by atoms with Gasteiger partial charge in [-0.2, -0.15) is 0 Å². The molecule has 1 fully saturated rings. The van der Waals surface area contributed by atoms with Gasteiger partial charge in [-0.05, 0) is 31.8 Å². The predicted octanol–water partition coefficient (Wildman–Crippen LogP) is 0.920. The van der Waals surface area contributed by atoms with Gasteiger partial charge in [-0.15, -0.1) is 0 Å². The minimum absolute atomic E-state index is 0.0624. The van der Waals surface area contributed by atoms with Crippen LogP contribution in [-0.4, -0.2) is 94.2 Å². The molecule has 11 nitrogen and oxygen atoms in total. The van der Waals surface area contributed by atoms with Gasteiger partial charge in [0.15, 0.2) is 28.5 Å². The highest BCUT2D eigenvalue weighted by molar-refractivity contribution is 5.82. The number of fused-ring (bicyclic) bond motifs is 2. The van der Waals surface area contributed by atoms with E-state index in [2.05, 4.69) is 30.1 Å². The van der Waals surface area contributed by atoms with Crippen LogP contribution in [-0.2, 0) is 11.3 Å². The number of rotatable bonds is 8. The normalized spacial score (nSPS) is 20.6. The SMILES string of the molecule is CN(C)CCNc1ncnc2c1ncn2[C@H]1CN(Cc2ccc3c(c2)OCO3)C[C@@H](CO)O1. The van der Waals surface area contributed by atoms with Crippen molar-refractivity contribution >= 4 is 17.0 Å². The number of morpholine rings is 1. The summed E-state index contributed by atoms with van der Waals surface area (Å²) in [6.07, 6.45) is 2.63. The van der Waals surface area contributed by atoms with Crippen LogP contribution in [0.2, 0.25) is 0 Å². The molecule has 2 aromatic heterocycles. The molecule has 0 bridgehead atoms. The molecule has 3 aromatic rings. The molecule has 0 saturated carbocycles. The summed E-state index contributed by atoms with van der Waals surface area (Å²) in [5.74, 6) is 2.24. The maximum absolute atomic E-state index is 9.86. The minimum atomic E-state index is -0.334. The Morgan fingerprint density at radius 1 is 1.15 bits per heavy atom. The number of ether oxygens (including phenoxy) is 3. The zero-order valence-corrected chi connectivity index (χ0v) is 18.8. The molecule has 2 aliphatic rings. The highest BCUT2D eigenvalue weighted by atomic mass is 16.7. The molecule has 2 atom stereocenters. The number of likely N-dealkylation sites (N-methyl/N-ethyl adjacent to an activating group) is 1. The topological polar surface area (TPSA) is 110 Å². The number of hydrogen-bond acceptors (Lipinski definition) is 10. The summed E-state index contributed by atoms with van der Waals surface area (Å²) < 4.78 is 19.0. The summed E-state index contributed by atoms with van der Waals surface area (Å²) in [6.45, 7) is 3.78. The summed E-state index contributed by atoms with van der Waals surface area (Å²) in [5, 5.41) is 13.2. The van der Waals surface area contributed by atoms with Crippen molar-refractivity contribution in [3.05, 3.63) is 36.4 Å². The highest BCUT2D eigenvalue weighted by Gasteiger charge is 2.30. The summed E-state index contributed by atoms with van der Waals surface area (Å²) in [6, 6.07) is 5.98. The van der Waals surface area contributed by atoms with Crippen LogP contribution in [0.3, 0.4) is 0 Å². The van der Waals surface area contributed by atoms with Crippen molar-refractivity contribution in [3.8, 4) is 11.5 Å². The van der Waals surface area contributed by atoms with Crippen molar-refractivity contribution in [3.63, 3.8) is 0 Å². The third-order valence-corrected chi connectivity index (χ3v) is 5.79. The summed E-state index contributed by atoms with van der Waals surface area (Å²) in [7, 11) is 4.05. The van der Waals surface area contributed by atoms with Crippen molar-refractivity contribution < 1.29 is 19.3 Å². The second kappa shape index (κ2) is 9.48. The number of aliphatic hydroxyl groups is 1. The maximum Gasteiger partial charge on any atom is 0.231 e. The van der Waals surface area contributed by atoms with E-state index in [0.29, 0.717) is 36.6 Å². The lowest BCUT2D eigenvalue weighted by Crippen LogP contribution is -2.46. The molecule has 33 heavy (non-hydrogen) atoms. The van der Waals surface area contributed by atoms with Gasteiger partial charge in [-0.3, -0.25) is 9.47 Å². The predicted molar refractivity (Wildman–Crippen MR) is 121 cm³/mol. The summed E-state index contributed by atoms with van der Waals surface area (Å²) in [5.41, 5.74) is 2.51. The molecule has 2 aliphatic heterocycles. The van der Waals surface area contributed by atoms with Crippen LogP contribution in [0.5, 0.6) is 11.5 Å². The Morgan fingerprint density at radius 2 is 2.03 bits per heavy atom. The van der Waals surface area contributed by atoms with Gasteiger partial charge in [0.2, 0.25) is 6.79 Å². The number of benzene rings is 1. The van der Waals surface area contributed by atoms with Crippen LogP contribution >= 0.6 is 0 Å². The Hall–Kier alpha value is -2.99. The first kappa shape index (κ1) is 21.8. The van der Waals surface area contributed by atoms with Crippen LogP contribution in [0.15, 0.2) is 30.9 Å². The third kappa shape index (κ3) is 4.71. The van der Waals surface area contributed by atoms with Gasteiger partial charge in [-0.1, -0.05) is 6.07 Å². The van der Waals surface area contributed by atoms with Crippen molar-refractivity contribution in [2.75, 3.05) is 59.0 Å². The minimum Gasteiger partial charge on any atom is -0.454 e. The lowest BCUT2D eigenvalue weighted by atomic mass is 10.1. The fourth-order valence-electron chi connectivity index (χ4n) is 4.16. The Morgan fingerprint density at radius 3 is 2.88 bits per heavy atom. The molecular weight excluding hydrogens is 426 g/mol. The summed E-state index contributed by atoms with van der Waals surface area (Å²) >= 11 is 0. The van der Waals surface area contributed by atoms with Crippen LogP contribution in [0.25, 0.3) is 11.2 Å². The van der Waals surface area contributed by atoms with E-state index in [1.165, 1.54) is 6.33 Å². The van der Waals surface area contributed by atoms with Gasteiger partial charge in [0, 0.05) is 32.7 Å². The molecule has 176 valence electrons. The smallest absolute Gasteiger partial charge is 0.231 e. The maximum atomic E-state index is 9.86. The standard InChI is InChI=1S/C22H29N7O4/c1-27(2)6-5-23-21-20-22(25-12-24-21)29(13-26-20)19-10-28(9-16(11-30)33-19)8-15-3-4-17-18(7-15)32-14-31-17/h3-4,7,12-13,16,19,30H,5-6,8-11,14H2,1-2H3,(H,23,24,25)/t16-,19+/m0/s1. The Bertz CT molecular complexity index is 1110. The number of imidazole rings is 1. The molecule has 0 amide bonds. The van der Waals surface area contributed by atoms with Crippen molar-refractivity contribution in [1.82, 2.24) is 29.3 Å². The third-order valence-electron chi connectivity index (χ3n) is 5.79. The van der Waals surface area contributed by atoms with Gasteiger partial charge in [0.05, 0.1) is 19.0 Å². The molecule has 2 N–H and O–H groups in total. The van der Waals surface area contributed by atoms with Gasteiger partial charge < -0.3 is 29.5 Å². The summed E-state index contributed by atoms with van der Waals surface area (Å²) in [4.78, 5) is 17.8. The van der Waals surface area contributed by atoms with Gasteiger partial charge >= 0.3 is 0 Å². The van der Waals surface area contributed by atoms with E-state index >= 15 is 0 Å². The number of anilines is 1. The number of hydrogen-bond donors (Lipinski definition) is 2. The van der Waals surface area contributed by atoms with Crippen LogP contribution in [0, 0.1) is 0 Å². The van der Waals surface area contributed by atoms with Crippen molar-refractivity contribution in [1.29, 1.82) is 0 Å². The van der Waals surface area contributed by atoms with E-state index in [4.69, 9.17) is 14.2 Å². The molecule has 0 spiro atoms. The van der Waals surface area contributed by atoms with E-state index in [1.807, 2.05) is 36.9 Å². The second-order valence-corrected chi connectivity index (χ2v) is 8.55.